The fourth-order valence-electron chi connectivity index (χ4n) is 3.28. The van der Waals surface area contributed by atoms with Crippen molar-refractivity contribution in [3.63, 3.8) is 0 Å². The second kappa shape index (κ2) is 17.5. The molecule has 2 rings (SSSR count). The van der Waals surface area contributed by atoms with Crippen LogP contribution in [0.15, 0.2) is 36.4 Å². The zero-order chi connectivity index (χ0) is 26.9. The summed E-state index contributed by atoms with van der Waals surface area (Å²) in [6, 6.07) is 11.7. The van der Waals surface area contributed by atoms with Crippen LogP contribution in [0.1, 0.15) is 77.3 Å². The Kier molecular flexibility index (Phi) is 15.1. The average molecular weight is 505 g/mol. The minimum atomic E-state index is -0.984. The van der Waals surface area contributed by atoms with E-state index >= 15 is 0 Å². The largest absolute Gasteiger partial charge is 0.494 e. The number of hydrogen-bond acceptors (Lipinski definition) is 6. The highest BCUT2D eigenvalue weighted by Gasteiger charge is 2.10. The molecule has 7 heteroatoms. The first-order valence-electron chi connectivity index (χ1n) is 12.8. The molecular weight excluding hydrogens is 460 g/mol. The van der Waals surface area contributed by atoms with Gasteiger partial charge in [-0.2, -0.15) is 0 Å². The van der Waals surface area contributed by atoms with Gasteiger partial charge >= 0.3 is 5.97 Å². The fourth-order valence-corrected chi connectivity index (χ4v) is 3.28. The lowest BCUT2D eigenvalue weighted by Crippen LogP contribution is -2.10. The lowest BCUT2D eigenvalue weighted by atomic mass is 9.98. The van der Waals surface area contributed by atoms with Gasteiger partial charge in [0.1, 0.15) is 29.6 Å². The minimum absolute atomic E-state index is 0.338. The number of aliphatic carboxylic acids is 1. The molecule has 2 unspecified atom stereocenters. The van der Waals surface area contributed by atoms with Crippen molar-refractivity contribution < 1.29 is 33.6 Å². The molecule has 0 bridgehead atoms. The third kappa shape index (κ3) is 11.7. The number of carbonyl (C=O) groups is 1. The van der Waals surface area contributed by atoms with E-state index in [0.29, 0.717) is 44.0 Å². The summed E-state index contributed by atoms with van der Waals surface area (Å²) in [6.45, 7) is 14.6. The van der Waals surface area contributed by atoms with Crippen LogP contribution in [-0.2, 0) is 9.53 Å². The van der Waals surface area contributed by atoms with Crippen molar-refractivity contribution in [1.82, 2.24) is 0 Å². The highest BCUT2D eigenvalue weighted by atomic mass is 16.5. The van der Waals surface area contributed by atoms with Crippen molar-refractivity contribution >= 4 is 5.97 Å². The molecule has 2 aromatic rings. The van der Waals surface area contributed by atoms with Gasteiger partial charge in [-0.25, -0.2) is 4.79 Å². The van der Waals surface area contributed by atoms with Gasteiger partial charge in [0.2, 0.25) is 0 Å². The highest BCUT2D eigenvalue weighted by Crippen LogP contribution is 2.30. The maximum Gasteiger partial charge on any atom is 0.341 e. The fraction of sp³-hybridized carbons (Fsp3) is 0.552. The van der Waals surface area contributed by atoms with Crippen molar-refractivity contribution in [2.24, 2.45) is 0 Å². The number of benzene rings is 2. The van der Waals surface area contributed by atoms with Gasteiger partial charge < -0.3 is 28.8 Å². The van der Waals surface area contributed by atoms with Crippen LogP contribution in [0.4, 0.5) is 0 Å². The van der Waals surface area contributed by atoms with Crippen molar-refractivity contribution in [3.8, 4) is 23.0 Å². The Morgan fingerprint density at radius 1 is 0.694 bits per heavy atom. The van der Waals surface area contributed by atoms with E-state index in [0.717, 1.165) is 35.7 Å². The van der Waals surface area contributed by atoms with Crippen LogP contribution in [0.25, 0.3) is 0 Å². The first-order valence-corrected chi connectivity index (χ1v) is 12.8. The van der Waals surface area contributed by atoms with Gasteiger partial charge in [0.15, 0.2) is 6.61 Å². The lowest BCUT2D eigenvalue weighted by molar-refractivity contribution is -0.139. The second-order valence-electron chi connectivity index (χ2n) is 8.48. The molecule has 2 aromatic carbocycles. The van der Waals surface area contributed by atoms with Crippen LogP contribution in [0.3, 0.4) is 0 Å². The van der Waals surface area contributed by atoms with E-state index in [1.165, 1.54) is 5.56 Å². The summed E-state index contributed by atoms with van der Waals surface area (Å²) in [5.41, 5.74) is 2.36. The second-order valence-corrected chi connectivity index (χ2v) is 8.48. The maximum atomic E-state index is 10.5. The first-order chi connectivity index (χ1) is 17.3. The van der Waals surface area contributed by atoms with Crippen molar-refractivity contribution in [3.05, 3.63) is 47.5 Å². The number of carboxylic acids is 1. The number of hydrogen-bond donors (Lipinski definition) is 1. The molecule has 0 aromatic heterocycles. The van der Waals surface area contributed by atoms with E-state index in [-0.39, 0.29) is 6.61 Å². The van der Waals surface area contributed by atoms with Crippen LogP contribution in [0.5, 0.6) is 23.0 Å². The number of methoxy groups -OCH3 is 1. The zero-order valence-electron chi connectivity index (χ0n) is 23.0. The molecule has 202 valence electrons. The van der Waals surface area contributed by atoms with Gasteiger partial charge in [-0.3, -0.25) is 0 Å². The van der Waals surface area contributed by atoms with Gasteiger partial charge in [0.25, 0.3) is 0 Å². The molecule has 36 heavy (non-hydrogen) atoms. The van der Waals surface area contributed by atoms with Gasteiger partial charge in [-0.15, -0.1) is 0 Å². The van der Waals surface area contributed by atoms with Gasteiger partial charge in [-0.1, -0.05) is 27.7 Å². The summed E-state index contributed by atoms with van der Waals surface area (Å²) in [6.07, 6.45) is 2.11. The SMILES string of the molecule is CCOc1cc(OCC(=O)O)cc(C(C)CC)c1.CCOc1cc(OCCOC)cc(C(C)CC)c1. The van der Waals surface area contributed by atoms with E-state index in [2.05, 4.69) is 39.8 Å². The van der Waals surface area contributed by atoms with Crippen LogP contribution in [0, 0.1) is 0 Å². The average Bonchev–Trinajstić information content (AvgIpc) is 2.87. The van der Waals surface area contributed by atoms with Gasteiger partial charge in [0.05, 0.1) is 19.8 Å². The van der Waals surface area contributed by atoms with E-state index in [1.807, 2.05) is 32.0 Å². The third-order valence-corrected chi connectivity index (χ3v) is 5.71. The maximum absolute atomic E-state index is 10.5. The predicted octanol–water partition coefficient (Wildman–Crippen LogP) is 6.69. The topological polar surface area (TPSA) is 83.5 Å². The standard InChI is InChI=1S/C15H24O3.C14H20O4/c1-5-12(3)13-9-14(17-6-2)11-15(10-13)18-8-7-16-4;1-4-10(3)11-6-12(17-5-2)8-13(7-11)18-9-14(15)16/h9-12H,5-8H2,1-4H3;6-8,10H,4-5,9H2,1-3H3,(H,15,16). The zero-order valence-corrected chi connectivity index (χ0v) is 23.0. The number of rotatable bonds is 15. The van der Waals surface area contributed by atoms with Crippen LogP contribution in [-0.4, -0.2) is 51.2 Å². The van der Waals surface area contributed by atoms with Crippen molar-refractivity contribution in [2.75, 3.05) is 40.1 Å². The number of ether oxygens (including phenoxy) is 5. The molecule has 0 aliphatic carbocycles. The Hall–Kier alpha value is -2.93. The molecule has 0 heterocycles. The Labute approximate surface area is 216 Å². The molecular formula is C29H44O7. The smallest absolute Gasteiger partial charge is 0.341 e. The Balaban J connectivity index is 0.000000360. The van der Waals surface area contributed by atoms with Crippen LogP contribution < -0.4 is 18.9 Å². The summed E-state index contributed by atoms with van der Waals surface area (Å²) >= 11 is 0. The monoisotopic (exact) mass is 504 g/mol. The van der Waals surface area contributed by atoms with E-state index in [1.54, 1.807) is 13.2 Å². The number of carboxylic acid groups (broad SMARTS) is 1. The molecule has 0 aliphatic rings. The van der Waals surface area contributed by atoms with Crippen LogP contribution >= 0.6 is 0 Å². The molecule has 0 saturated carbocycles. The normalized spacial score (nSPS) is 12.1. The molecule has 0 spiro atoms. The quantitative estimate of drug-likeness (QED) is 0.271. The summed E-state index contributed by atoms with van der Waals surface area (Å²) in [4.78, 5) is 10.5. The summed E-state index contributed by atoms with van der Waals surface area (Å²) in [7, 11) is 1.67. The Morgan fingerprint density at radius 2 is 1.11 bits per heavy atom. The molecule has 0 fully saturated rings. The van der Waals surface area contributed by atoms with Gasteiger partial charge in [-0.05, 0) is 73.9 Å². The molecule has 0 saturated heterocycles. The first kappa shape index (κ1) is 31.1. The van der Waals surface area contributed by atoms with Crippen molar-refractivity contribution in [2.45, 2.75) is 66.2 Å². The highest BCUT2D eigenvalue weighted by molar-refractivity contribution is 5.68. The van der Waals surface area contributed by atoms with E-state index in [4.69, 9.17) is 28.8 Å². The molecule has 0 radical (unpaired) electrons. The minimum Gasteiger partial charge on any atom is -0.494 e. The molecule has 7 nitrogen and oxygen atoms in total. The molecule has 2 atom stereocenters. The lowest BCUT2D eigenvalue weighted by Gasteiger charge is -2.14. The summed E-state index contributed by atoms with van der Waals surface area (Å²) in [5, 5.41) is 8.62. The Bertz CT molecular complexity index is 897. The van der Waals surface area contributed by atoms with Gasteiger partial charge in [0, 0.05) is 19.2 Å². The molecule has 0 aliphatic heterocycles. The van der Waals surface area contributed by atoms with E-state index < -0.39 is 5.97 Å². The summed E-state index contributed by atoms with van der Waals surface area (Å²) in [5.74, 6) is 2.90. The van der Waals surface area contributed by atoms with E-state index in [9.17, 15) is 4.79 Å². The summed E-state index contributed by atoms with van der Waals surface area (Å²) < 4.78 is 26.9. The van der Waals surface area contributed by atoms with Crippen molar-refractivity contribution in [1.29, 1.82) is 0 Å². The predicted molar refractivity (Wildman–Crippen MR) is 143 cm³/mol. The Morgan fingerprint density at radius 3 is 1.47 bits per heavy atom. The molecule has 1 N–H and O–H groups in total. The van der Waals surface area contributed by atoms with Crippen LogP contribution in [0.2, 0.25) is 0 Å². The third-order valence-electron chi connectivity index (χ3n) is 5.71. The molecule has 0 amide bonds.